The van der Waals surface area contributed by atoms with E-state index in [-0.39, 0.29) is 19.0 Å². The Bertz CT molecular complexity index is 591. The number of halogens is 3. The van der Waals surface area contributed by atoms with E-state index in [0.717, 1.165) is 0 Å². The molecule has 5 nitrogen and oxygen atoms in total. The van der Waals surface area contributed by atoms with E-state index in [1.165, 1.54) is 24.0 Å². The van der Waals surface area contributed by atoms with Crippen molar-refractivity contribution < 1.29 is 27.9 Å². The molecule has 2 N–H and O–H groups in total. The van der Waals surface area contributed by atoms with Crippen LogP contribution in [0.3, 0.4) is 0 Å². The molecule has 1 aliphatic rings. The lowest BCUT2D eigenvalue weighted by Gasteiger charge is -2.39. The average molecular weight is 330 g/mol. The summed E-state index contributed by atoms with van der Waals surface area (Å²) in [6, 6.07) is 6.09. The zero-order chi connectivity index (χ0) is 17.3. The van der Waals surface area contributed by atoms with Crippen molar-refractivity contribution in [1.29, 1.82) is 0 Å². The van der Waals surface area contributed by atoms with Crippen LogP contribution in [0, 0.1) is 0 Å². The predicted molar refractivity (Wildman–Crippen MR) is 76.9 cm³/mol. The highest BCUT2D eigenvalue weighted by Crippen LogP contribution is 2.38. The molecule has 1 saturated heterocycles. The van der Waals surface area contributed by atoms with Crippen LogP contribution in [0.25, 0.3) is 0 Å². The first-order valence-corrected chi connectivity index (χ1v) is 7.08. The van der Waals surface area contributed by atoms with Crippen LogP contribution >= 0.6 is 0 Å². The number of hydrogen-bond acceptors (Lipinski definition) is 3. The van der Waals surface area contributed by atoms with Crippen molar-refractivity contribution >= 4 is 17.5 Å². The Kier molecular flexibility index (Phi) is 4.65. The average Bonchev–Trinajstić information content (AvgIpc) is 2.46. The van der Waals surface area contributed by atoms with Crippen molar-refractivity contribution in [2.75, 3.05) is 18.4 Å². The number of carbonyl (C=O) groups is 2. The van der Waals surface area contributed by atoms with Gasteiger partial charge in [0.2, 0.25) is 5.91 Å². The van der Waals surface area contributed by atoms with Crippen LogP contribution in [0.1, 0.15) is 30.1 Å². The molecule has 1 aromatic carbocycles. The summed E-state index contributed by atoms with van der Waals surface area (Å²) in [5.41, 5.74) is -1.88. The Balaban J connectivity index is 2.01. The third-order valence-electron chi connectivity index (χ3n) is 3.86. The number of rotatable bonds is 2. The smallest absolute Gasteiger partial charge is 0.380 e. The summed E-state index contributed by atoms with van der Waals surface area (Å²) in [5, 5.41) is 12.2. The third-order valence-corrected chi connectivity index (χ3v) is 3.86. The highest BCUT2D eigenvalue weighted by atomic mass is 19.4. The second kappa shape index (κ2) is 6.19. The van der Waals surface area contributed by atoms with Crippen molar-refractivity contribution in [2.24, 2.45) is 0 Å². The maximum Gasteiger partial charge on any atom is 0.417 e. The van der Waals surface area contributed by atoms with Crippen LogP contribution in [-0.4, -0.2) is 46.7 Å². The van der Waals surface area contributed by atoms with E-state index in [1.807, 2.05) is 0 Å². The zero-order valence-corrected chi connectivity index (χ0v) is 12.5. The fourth-order valence-corrected chi connectivity index (χ4v) is 2.45. The Morgan fingerprint density at radius 2 is 1.70 bits per heavy atom. The van der Waals surface area contributed by atoms with E-state index in [0.29, 0.717) is 11.3 Å². The van der Waals surface area contributed by atoms with Gasteiger partial charge in [-0.3, -0.25) is 9.59 Å². The van der Waals surface area contributed by atoms with Crippen LogP contribution in [0.4, 0.5) is 18.9 Å². The van der Waals surface area contributed by atoms with Crippen molar-refractivity contribution in [3.8, 4) is 0 Å². The number of nitrogens with one attached hydrogen (secondary N) is 1. The Hall–Kier alpha value is -2.09. The number of aliphatic hydroxyl groups is 1. The normalized spacial score (nSPS) is 17.7. The van der Waals surface area contributed by atoms with Gasteiger partial charge >= 0.3 is 6.18 Å². The fourth-order valence-electron chi connectivity index (χ4n) is 2.45. The van der Waals surface area contributed by atoms with E-state index < -0.39 is 30.5 Å². The molecule has 1 aromatic rings. The number of hydrogen-bond donors (Lipinski definition) is 2. The Morgan fingerprint density at radius 1 is 1.17 bits per heavy atom. The van der Waals surface area contributed by atoms with Crippen LogP contribution in [0.2, 0.25) is 0 Å². The molecule has 8 heteroatoms. The quantitative estimate of drug-likeness (QED) is 0.873. The number of carbonyl (C=O) groups excluding carboxylic acids is 2. The fraction of sp³-hybridized carbons (Fsp3) is 0.467. The predicted octanol–water partition coefficient (Wildman–Crippen LogP) is 2.17. The number of piperidine rings is 1. The molecule has 0 aliphatic carbocycles. The molecule has 0 unspecified atom stereocenters. The maximum absolute atomic E-state index is 12.7. The first-order chi connectivity index (χ1) is 10.6. The molecule has 126 valence electrons. The molecule has 0 radical (unpaired) electrons. The summed E-state index contributed by atoms with van der Waals surface area (Å²) in [6.07, 6.45) is -5.76. The molecule has 0 saturated carbocycles. The van der Waals surface area contributed by atoms with E-state index >= 15 is 0 Å². The second-order valence-electron chi connectivity index (χ2n) is 5.58. The molecular formula is C15H17F3N2O3. The van der Waals surface area contributed by atoms with Gasteiger partial charge in [0.15, 0.2) is 5.60 Å². The van der Waals surface area contributed by atoms with Gasteiger partial charge in [0, 0.05) is 44.1 Å². The van der Waals surface area contributed by atoms with Crippen LogP contribution in [0.5, 0.6) is 0 Å². The van der Waals surface area contributed by atoms with Gasteiger partial charge in [-0.25, -0.2) is 0 Å². The summed E-state index contributed by atoms with van der Waals surface area (Å²) in [6.45, 7) is 1.03. The van der Waals surface area contributed by atoms with Crippen LogP contribution < -0.4 is 5.32 Å². The Morgan fingerprint density at radius 3 is 2.13 bits per heavy atom. The van der Waals surface area contributed by atoms with Gasteiger partial charge in [0.05, 0.1) is 0 Å². The molecule has 1 heterocycles. The molecule has 1 aliphatic heterocycles. The van der Waals surface area contributed by atoms with Crippen molar-refractivity contribution in [3.05, 3.63) is 29.8 Å². The minimum Gasteiger partial charge on any atom is -0.380 e. The molecule has 2 amide bonds. The third kappa shape index (κ3) is 3.82. The topological polar surface area (TPSA) is 69.6 Å². The summed E-state index contributed by atoms with van der Waals surface area (Å²) >= 11 is 0. The monoisotopic (exact) mass is 330 g/mol. The number of amides is 2. The van der Waals surface area contributed by atoms with E-state index in [4.69, 9.17) is 0 Å². The van der Waals surface area contributed by atoms with Gasteiger partial charge in [0.1, 0.15) is 0 Å². The summed E-state index contributed by atoms with van der Waals surface area (Å²) in [5.74, 6) is -0.643. The van der Waals surface area contributed by atoms with Gasteiger partial charge < -0.3 is 15.3 Å². The molecule has 0 bridgehead atoms. The van der Waals surface area contributed by atoms with Crippen molar-refractivity contribution in [3.63, 3.8) is 0 Å². The Labute approximate surface area is 131 Å². The highest BCUT2D eigenvalue weighted by Gasteiger charge is 2.54. The molecule has 0 aromatic heterocycles. The van der Waals surface area contributed by atoms with Gasteiger partial charge in [-0.05, 0) is 24.3 Å². The number of nitrogens with zero attached hydrogens (tertiary/aromatic N) is 1. The van der Waals surface area contributed by atoms with Gasteiger partial charge in [-0.1, -0.05) is 0 Å². The van der Waals surface area contributed by atoms with Gasteiger partial charge in [0.25, 0.3) is 5.91 Å². The van der Waals surface area contributed by atoms with Gasteiger partial charge in [-0.2, -0.15) is 13.2 Å². The molecule has 0 spiro atoms. The number of alkyl halides is 3. The molecule has 23 heavy (non-hydrogen) atoms. The molecule has 0 atom stereocenters. The SMILES string of the molecule is CC(=O)Nc1ccc(C(=O)N2CCC(O)(C(F)(F)F)CC2)cc1. The number of benzene rings is 1. The lowest BCUT2D eigenvalue weighted by atomic mass is 9.90. The zero-order valence-electron chi connectivity index (χ0n) is 12.5. The summed E-state index contributed by atoms with van der Waals surface area (Å²) in [4.78, 5) is 24.5. The van der Waals surface area contributed by atoms with Gasteiger partial charge in [-0.15, -0.1) is 0 Å². The lowest BCUT2D eigenvalue weighted by Crippen LogP contribution is -2.54. The molecule has 1 fully saturated rings. The molecule has 2 rings (SSSR count). The second-order valence-corrected chi connectivity index (χ2v) is 5.58. The standard InChI is InChI=1S/C15H17F3N2O3/c1-10(21)19-12-4-2-11(3-5-12)13(22)20-8-6-14(23,7-9-20)15(16,17)18/h2-5,23H,6-9H2,1H3,(H,19,21). The highest BCUT2D eigenvalue weighted by molar-refractivity contribution is 5.95. The van der Waals surface area contributed by atoms with E-state index in [2.05, 4.69) is 5.32 Å². The first kappa shape index (κ1) is 17.3. The van der Waals surface area contributed by atoms with Crippen LogP contribution in [0.15, 0.2) is 24.3 Å². The summed E-state index contributed by atoms with van der Waals surface area (Å²) < 4.78 is 38.2. The number of anilines is 1. The van der Waals surface area contributed by atoms with Crippen molar-refractivity contribution in [1.82, 2.24) is 4.90 Å². The minimum atomic E-state index is -4.69. The van der Waals surface area contributed by atoms with E-state index in [9.17, 15) is 27.9 Å². The maximum atomic E-state index is 12.7. The van der Waals surface area contributed by atoms with E-state index in [1.54, 1.807) is 12.1 Å². The lowest BCUT2D eigenvalue weighted by molar-refractivity contribution is -0.271. The molecular weight excluding hydrogens is 313 g/mol. The van der Waals surface area contributed by atoms with Crippen molar-refractivity contribution in [2.45, 2.75) is 31.5 Å². The summed E-state index contributed by atoms with van der Waals surface area (Å²) in [7, 11) is 0. The number of likely N-dealkylation sites (tertiary alicyclic amines) is 1. The first-order valence-electron chi connectivity index (χ1n) is 7.08. The largest absolute Gasteiger partial charge is 0.417 e. The minimum absolute atomic E-state index is 0.164. The van der Waals surface area contributed by atoms with Crippen LogP contribution in [-0.2, 0) is 4.79 Å².